The zero-order chi connectivity index (χ0) is 57.8. The molecule has 0 radical (unpaired) electrons. The van der Waals surface area contributed by atoms with Gasteiger partial charge < -0.3 is 10.5 Å². The number of aromatic nitrogens is 1. The Morgan fingerprint density at radius 2 is 0.902 bits per heavy atom. The van der Waals surface area contributed by atoms with Crippen LogP contribution in [0, 0.1) is 0 Å². The van der Waals surface area contributed by atoms with Gasteiger partial charge in [0.1, 0.15) is 5.75 Å². The number of nitrogens with one attached hydrogen (secondary N) is 1. The van der Waals surface area contributed by atoms with Gasteiger partial charge in [0.15, 0.2) is 0 Å². The standard InChI is InChI=1S/C75H112N4O2.Zn/c1-5-8-10-12-14-16-18-20-22-24-26-28-30-32-34-36-38-40-42-44-58-80-68-50-46-48-64(60-68)74(70(76)7-3)71-56-53-66(78-71)62-67-54-57-73(79-67)75(72-55-52-63(4)77-72)65-49-47-51-69(61-65)81-59-45-43-41-39-37-35-33-31-29-27-25-23-21-19-17-15-13-11-9-6-2;/h4,7,46-57,60-62,78H,3,5-6,8-45,58-59,76H2,1-2H3;/b67-62?,74-70-,75-72-;. The van der Waals surface area contributed by atoms with Crippen LogP contribution in [0.5, 0.6) is 11.5 Å². The molecule has 5 rings (SSSR count). The maximum absolute atomic E-state index is 6.68. The molecule has 1 aromatic heterocycles. The summed E-state index contributed by atoms with van der Waals surface area (Å²) >= 11 is 1.05. The first-order valence-corrected chi connectivity index (χ1v) is 35.6. The van der Waals surface area contributed by atoms with E-state index in [0.29, 0.717) is 12.3 Å². The summed E-state index contributed by atoms with van der Waals surface area (Å²) in [5.74, 6) is 1.74. The van der Waals surface area contributed by atoms with E-state index in [4.69, 9.17) is 25.2 Å². The summed E-state index contributed by atoms with van der Waals surface area (Å²) in [6.45, 7) is 10.1. The molecule has 2 aliphatic heterocycles. The number of rotatable bonds is 51. The van der Waals surface area contributed by atoms with Crippen LogP contribution in [0.25, 0.3) is 17.2 Å². The molecular weight excluding hydrogens is 1050 g/mol. The van der Waals surface area contributed by atoms with Crippen LogP contribution in [0.1, 0.15) is 293 Å². The molecule has 3 heterocycles. The molecule has 7 heteroatoms. The van der Waals surface area contributed by atoms with Gasteiger partial charge in [-0.05, 0) is 30.2 Å². The van der Waals surface area contributed by atoms with Crippen LogP contribution in [0.15, 0.2) is 125 Å². The van der Waals surface area contributed by atoms with E-state index in [1.54, 1.807) is 6.08 Å². The molecule has 0 bridgehead atoms. The van der Waals surface area contributed by atoms with Crippen LogP contribution < -0.4 is 15.2 Å². The first-order valence-electron chi connectivity index (χ1n) is 33.9. The number of nitrogens with two attached hydrogens (primary N) is 1. The summed E-state index contributed by atoms with van der Waals surface area (Å²) in [6, 6.07) is 20.9. The van der Waals surface area contributed by atoms with Crippen molar-refractivity contribution in [1.29, 1.82) is 0 Å². The van der Waals surface area contributed by atoms with Crippen LogP contribution in [-0.2, 0) is 17.9 Å². The van der Waals surface area contributed by atoms with Gasteiger partial charge >= 0.3 is 179 Å². The fraction of sp³-hybridized carbons (Fsp3) is 0.587. The molecule has 2 aliphatic rings. The minimum atomic E-state index is 0.604. The molecule has 0 amide bonds. The Morgan fingerprint density at radius 1 is 0.488 bits per heavy atom. The number of hydrogen-bond donors (Lipinski definition) is 2. The number of allylic oxidation sites excluding steroid dienone is 6. The molecular formula is C75H112N4O2Zn. The molecule has 3 aromatic rings. The molecule has 6 nitrogen and oxygen atoms in total. The topological polar surface area (TPSA) is 85.0 Å². The second-order valence-corrected chi connectivity index (χ2v) is 24.6. The first-order chi connectivity index (χ1) is 40.5. The van der Waals surface area contributed by atoms with Crippen molar-refractivity contribution < 1.29 is 27.3 Å². The normalized spacial score (nSPS) is 14.4. The van der Waals surface area contributed by atoms with Crippen LogP contribution in [0.3, 0.4) is 0 Å². The Bertz CT molecular complexity index is 2450. The van der Waals surface area contributed by atoms with Crippen molar-refractivity contribution in [2.75, 3.05) is 13.2 Å². The summed E-state index contributed by atoms with van der Waals surface area (Å²) in [5, 5.41) is 0. The summed E-state index contributed by atoms with van der Waals surface area (Å²) in [5.41, 5.74) is 16.7. The molecule has 0 spiro atoms. The monoisotopic (exact) mass is 1160 g/mol. The maximum atomic E-state index is 6.68. The average Bonchev–Trinajstić information content (AvgIpc) is 4.41. The first kappa shape index (κ1) is 68.2. The van der Waals surface area contributed by atoms with Crippen molar-refractivity contribution in [1.82, 2.24) is 4.98 Å². The third-order valence-corrected chi connectivity index (χ3v) is 17.5. The second kappa shape index (κ2) is 44.9. The van der Waals surface area contributed by atoms with Crippen LogP contribution >= 0.6 is 0 Å². The number of aliphatic imine (C=N–C) groups is 2. The van der Waals surface area contributed by atoms with Crippen molar-refractivity contribution in [3.8, 4) is 11.5 Å². The molecule has 446 valence electrons. The van der Waals surface area contributed by atoms with Crippen molar-refractivity contribution in [3.63, 3.8) is 0 Å². The Kier molecular flexibility index (Phi) is 37.3. The third-order valence-electron chi connectivity index (χ3n) is 16.6. The van der Waals surface area contributed by atoms with E-state index in [-0.39, 0.29) is 0 Å². The van der Waals surface area contributed by atoms with Crippen molar-refractivity contribution >= 4 is 33.3 Å². The van der Waals surface area contributed by atoms with E-state index >= 15 is 0 Å². The summed E-state index contributed by atoms with van der Waals surface area (Å²) in [4.78, 5) is 13.8. The van der Waals surface area contributed by atoms with Gasteiger partial charge in [-0.15, -0.1) is 0 Å². The van der Waals surface area contributed by atoms with Gasteiger partial charge in [-0.2, -0.15) is 0 Å². The molecule has 0 saturated heterocycles. The molecule has 0 saturated carbocycles. The SMILES string of the molecule is C=C/C(N)=C(\c1cccc(OCCCCCCCCCCCCCCCCCCCCCC)c1)c1ccc(C=C2C=CC(/C(=C3/C=CC([CH]=[Zn])=N3)c3cccc(OCCCCCCCCCCCCCCCCCCCCCC)c3)=N2)[nH]1. The van der Waals surface area contributed by atoms with E-state index in [2.05, 4.69) is 109 Å². The average molecular weight is 1170 g/mol. The number of unbranched alkanes of at least 4 members (excludes halogenated alkanes) is 38. The zero-order valence-electron chi connectivity index (χ0n) is 52.2. The number of benzene rings is 2. The van der Waals surface area contributed by atoms with E-state index in [9.17, 15) is 0 Å². The number of ether oxygens (including phenoxy) is 2. The van der Waals surface area contributed by atoms with Crippen molar-refractivity contribution in [2.24, 2.45) is 15.7 Å². The predicted molar refractivity (Wildman–Crippen MR) is 355 cm³/mol. The third kappa shape index (κ3) is 28.8. The molecule has 82 heavy (non-hydrogen) atoms. The summed E-state index contributed by atoms with van der Waals surface area (Å²) in [7, 11) is 0. The van der Waals surface area contributed by atoms with Crippen LogP contribution in [-0.4, -0.2) is 34.2 Å². The molecule has 0 unspecified atom stereocenters. The number of hydrogen-bond acceptors (Lipinski definition) is 5. The number of aromatic amines is 1. The fourth-order valence-corrected chi connectivity index (χ4v) is 12.1. The van der Waals surface area contributed by atoms with Gasteiger partial charge in [-0.25, -0.2) is 0 Å². The van der Waals surface area contributed by atoms with E-state index in [0.717, 1.165) is 105 Å². The van der Waals surface area contributed by atoms with Crippen LogP contribution in [0.2, 0.25) is 0 Å². The zero-order valence-corrected chi connectivity index (χ0v) is 55.2. The van der Waals surface area contributed by atoms with Crippen molar-refractivity contribution in [2.45, 2.75) is 271 Å². The molecule has 2 aromatic carbocycles. The molecule has 3 N–H and O–H groups in total. The Morgan fingerprint density at radius 3 is 1.32 bits per heavy atom. The van der Waals surface area contributed by atoms with Gasteiger partial charge in [0.25, 0.3) is 0 Å². The number of nitrogens with zero attached hydrogens (tertiary/aromatic N) is 2. The second-order valence-electron chi connectivity index (χ2n) is 23.8. The fourth-order valence-electron chi connectivity index (χ4n) is 11.6. The molecule has 0 aliphatic carbocycles. The minimum absolute atomic E-state index is 0.604. The summed E-state index contributed by atoms with van der Waals surface area (Å²) in [6.07, 6.45) is 67.5. The van der Waals surface area contributed by atoms with Gasteiger partial charge in [-0.3, -0.25) is 0 Å². The van der Waals surface area contributed by atoms with Gasteiger partial charge in [0, 0.05) is 11.3 Å². The van der Waals surface area contributed by atoms with E-state index in [1.807, 2.05) is 12.1 Å². The Balaban J connectivity index is 1.00. The molecule has 0 atom stereocenters. The Labute approximate surface area is 510 Å². The van der Waals surface area contributed by atoms with Crippen LogP contribution in [0.4, 0.5) is 0 Å². The van der Waals surface area contributed by atoms with Crippen molar-refractivity contribution in [3.05, 3.63) is 137 Å². The van der Waals surface area contributed by atoms with Gasteiger partial charge in [0.2, 0.25) is 0 Å². The van der Waals surface area contributed by atoms with E-state index in [1.165, 1.54) is 244 Å². The predicted octanol–water partition coefficient (Wildman–Crippen LogP) is 22.4. The molecule has 0 fully saturated rings. The summed E-state index contributed by atoms with van der Waals surface area (Å²) < 4.78 is 14.8. The van der Waals surface area contributed by atoms with Gasteiger partial charge in [-0.1, -0.05) is 270 Å². The Hall–Kier alpha value is -4.61. The van der Waals surface area contributed by atoms with Gasteiger partial charge in [0.05, 0.1) is 6.61 Å². The van der Waals surface area contributed by atoms with E-state index < -0.39 is 0 Å². The quantitative estimate of drug-likeness (QED) is 0.0336. The number of H-pyrrole nitrogens is 1.